The van der Waals surface area contributed by atoms with Crippen molar-refractivity contribution in [3.8, 4) is 5.69 Å². The lowest BCUT2D eigenvalue weighted by atomic mass is 10.2. The summed E-state index contributed by atoms with van der Waals surface area (Å²) in [5, 5.41) is 2.62. The lowest BCUT2D eigenvalue weighted by Gasteiger charge is -2.11. The van der Waals surface area contributed by atoms with Gasteiger partial charge >= 0.3 is 5.97 Å². The average molecular weight is 328 g/mol. The van der Waals surface area contributed by atoms with E-state index in [4.69, 9.17) is 4.74 Å². The van der Waals surface area contributed by atoms with Gasteiger partial charge < -0.3 is 14.6 Å². The maximum Gasteiger partial charge on any atom is 0.325 e. The van der Waals surface area contributed by atoms with Crippen molar-refractivity contribution >= 4 is 11.9 Å². The molecule has 1 heterocycles. The first kappa shape index (κ1) is 17.8. The molecule has 0 fully saturated rings. The van der Waals surface area contributed by atoms with Gasteiger partial charge in [-0.3, -0.25) is 9.59 Å². The summed E-state index contributed by atoms with van der Waals surface area (Å²) < 4.78 is 7.06. The van der Waals surface area contributed by atoms with Gasteiger partial charge in [-0.05, 0) is 58.4 Å². The zero-order chi connectivity index (χ0) is 17.9. The summed E-state index contributed by atoms with van der Waals surface area (Å²) in [4.78, 5) is 24.0. The molecule has 128 valence electrons. The maximum absolute atomic E-state index is 12.4. The van der Waals surface area contributed by atoms with Crippen molar-refractivity contribution in [3.63, 3.8) is 0 Å². The molecule has 5 nitrogen and oxygen atoms in total. The third-order valence-corrected chi connectivity index (χ3v) is 3.70. The Hall–Kier alpha value is -2.56. The van der Waals surface area contributed by atoms with Crippen LogP contribution >= 0.6 is 0 Å². The molecule has 0 radical (unpaired) electrons. The maximum atomic E-state index is 12.4. The van der Waals surface area contributed by atoms with E-state index in [-0.39, 0.29) is 18.6 Å². The molecule has 0 saturated carbocycles. The van der Waals surface area contributed by atoms with Gasteiger partial charge in [-0.1, -0.05) is 12.1 Å². The van der Waals surface area contributed by atoms with E-state index in [1.54, 1.807) is 13.8 Å². The summed E-state index contributed by atoms with van der Waals surface area (Å²) in [6, 6.07) is 9.94. The Morgan fingerprint density at radius 3 is 2.50 bits per heavy atom. The number of nitrogens with one attached hydrogen (secondary N) is 1. The van der Waals surface area contributed by atoms with Crippen LogP contribution in [0.4, 0.5) is 0 Å². The highest BCUT2D eigenvalue weighted by Gasteiger charge is 2.17. The molecule has 5 heteroatoms. The summed E-state index contributed by atoms with van der Waals surface area (Å²) >= 11 is 0. The first-order valence-electron chi connectivity index (χ1n) is 8.03. The minimum Gasteiger partial charge on any atom is -0.462 e. The van der Waals surface area contributed by atoms with Gasteiger partial charge in [0.25, 0.3) is 5.91 Å². The first-order valence-corrected chi connectivity index (χ1v) is 8.03. The van der Waals surface area contributed by atoms with Crippen LogP contribution in [0.3, 0.4) is 0 Å². The van der Waals surface area contributed by atoms with Crippen LogP contribution < -0.4 is 5.32 Å². The van der Waals surface area contributed by atoms with Gasteiger partial charge in [-0.2, -0.15) is 0 Å². The molecule has 0 bridgehead atoms. The van der Waals surface area contributed by atoms with Crippen molar-refractivity contribution in [3.05, 3.63) is 52.8 Å². The molecule has 1 N–H and O–H groups in total. The van der Waals surface area contributed by atoms with E-state index in [1.165, 1.54) is 0 Å². The van der Waals surface area contributed by atoms with E-state index in [2.05, 4.69) is 11.4 Å². The molecule has 0 spiro atoms. The number of esters is 1. The van der Waals surface area contributed by atoms with Crippen LogP contribution in [-0.2, 0) is 9.53 Å². The first-order chi connectivity index (χ1) is 11.3. The van der Waals surface area contributed by atoms with Gasteiger partial charge in [0.05, 0.1) is 11.7 Å². The highest BCUT2D eigenvalue weighted by Crippen LogP contribution is 2.21. The molecule has 0 atom stereocenters. The molecular weight excluding hydrogens is 304 g/mol. The molecule has 0 aliphatic heterocycles. The number of benzene rings is 1. The van der Waals surface area contributed by atoms with Gasteiger partial charge in [-0.15, -0.1) is 0 Å². The van der Waals surface area contributed by atoms with E-state index < -0.39 is 5.97 Å². The molecular formula is C19H24N2O3. The number of carbonyl (C=O) groups is 2. The smallest absolute Gasteiger partial charge is 0.325 e. The number of aromatic nitrogens is 1. The van der Waals surface area contributed by atoms with Gasteiger partial charge in [-0.25, -0.2) is 0 Å². The SMILES string of the molecule is Cc1cccc(-n2c(C)cc(C(=O)NCC(=O)OC(C)C)c2C)c1. The normalized spacial score (nSPS) is 10.8. The highest BCUT2D eigenvalue weighted by molar-refractivity contribution is 5.97. The predicted octanol–water partition coefficient (Wildman–Crippen LogP) is 3.08. The topological polar surface area (TPSA) is 60.3 Å². The monoisotopic (exact) mass is 328 g/mol. The zero-order valence-electron chi connectivity index (χ0n) is 14.8. The molecule has 2 aromatic rings. The lowest BCUT2D eigenvalue weighted by Crippen LogP contribution is -2.31. The molecule has 0 saturated heterocycles. The number of hydrogen-bond acceptors (Lipinski definition) is 3. The second-order valence-electron chi connectivity index (χ2n) is 6.18. The predicted molar refractivity (Wildman–Crippen MR) is 93.5 cm³/mol. The zero-order valence-corrected chi connectivity index (χ0v) is 14.8. The Kier molecular flexibility index (Phi) is 5.44. The lowest BCUT2D eigenvalue weighted by molar-refractivity contribution is -0.146. The quantitative estimate of drug-likeness (QED) is 0.858. The van der Waals surface area contributed by atoms with Gasteiger partial charge in [0, 0.05) is 17.1 Å². The molecule has 2 rings (SSSR count). The number of carbonyl (C=O) groups excluding carboxylic acids is 2. The fourth-order valence-electron chi connectivity index (χ4n) is 2.71. The molecule has 24 heavy (non-hydrogen) atoms. The highest BCUT2D eigenvalue weighted by atomic mass is 16.5. The molecule has 0 aliphatic rings. The minimum absolute atomic E-state index is 0.134. The van der Waals surface area contributed by atoms with Crippen molar-refractivity contribution in [1.82, 2.24) is 9.88 Å². The van der Waals surface area contributed by atoms with Gasteiger partial charge in [0.2, 0.25) is 0 Å². The van der Waals surface area contributed by atoms with Crippen molar-refractivity contribution in [1.29, 1.82) is 0 Å². The minimum atomic E-state index is -0.439. The Morgan fingerprint density at radius 1 is 1.17 bits per heavy atom. The van der Waals surface area contributed by atoms with E-state index in [0.717, 1.165) is 22.6 Å². The second kappa shape index (κ2) is 7.34. The Balaban J connectivity index is 2.19. The van der Waals surface area contributed by atoms with Crippen LogP contribution in [0, 0.1) is 20.8 Å². The molecule has 1 aromatic carbocycles. The Labute approximate surface area is 142 Å². The number of hydrogen-bond donors (Lipinski definition) is 1. The van der Waals surface area contributed by atoms with Gasteiger partial charge in [0.1, 0.15) is 6.54 Å². The van der Waals surface area contributed by atoms with Crippen molar-refractivity contribution < 1.29 is 14.3 Å². The van der Waals surface area contributed by atoms with Gasteiger partial charge in [0.15, 0.2) is 0 Å². The molecule has 0 aliphatic carbocycles. The van der Waals surface area contributed by atoms with Crippen molar-refractivity contribution in [2.45, 2.75) is 40.7 Å². The number of rotatable bonds is 5. The van der Waals surface area contributed by atoms with Crippen LogP contribution in [0.1, 0.15) is 41.2 Å². The molecule has 1 amide bonds. The fraction of sp³-hybridized carbons (Fsp3) is 0.368. The Morgan fingerprint density at radius 2 is 1.88 bits per heavy atom. The van der Waals surface area contributed by atoms with Crippen LogP contribution in [-0.4, -0.2) is 29.1 Å². The Bertz CT molecular complexity index is 760. The standard InChI is InChI=1S/C19H24N2O3/c1-12(2)24-18(22)11-20-19(23)17-10-14(4)21(15(17)5)16-8-6-7-13(3)9-16/h6-10,12H,11H2,1-5H3,(H,20,23). The third-order valence-electron chi connectivity index (χ3n) is 3.70. The summed E-state index contributed by atoms with van der Waals surface area (Å²) in [6.07, 6.45) is -0.194. The largest absolute Gasteiger partial charge is 0.462 e. The number of ether oxygens (including phenoxy) is 1. The fourth-order valence-corrected chi connectivity index (χ4v) is 2.71. The van der Waals surface area contributed by atoms with E-state index in [9.17, 15) is 9.59 Å². The van der Waals surface area contributed by atoms with Crippen molar-refractivity contribution in [2.75, 3.05) is 6.54 Å². The molecule has 0 unspecified atom stereocenters. The van der Waals surface area contributed by atoms with E-state index >= 15 is 0 Å². The number of aryl methyl sites for hydroxylation is 2. The number of nitrogens with zero attached hydrogens (tertiary/aromatic N) is 1. The summed E-state index contributed by atoms with van der Waals surface area (Å²) in [7, 11) is 0. The van der Waals surface area contributed by atoms with Crippen LogP contribution in [0.15, 0.2) is 30.3 Å². The van der Waals surface area contributed by atoms with Crippen LogP contribution in [0.2, 0.25) is 0 Å². The summed E-state index contributed by atoms with van der Waals surface area (Å²) in [5.41, 5.74) is 4.54. The summed E-state index contributed by atoms with van der Waals surface area (Å²) in [5.74, 6) is -0.714. The van der Waals surface area contributed by atoms with Crippen LogP contribution in [0.5, 0.6) is 0 Å². The van der Waals surface area contributed by atoms with Crippen LogP contribution in [0.25, 0.3) is 5.69 Å². The average Bonchev–Trinajstić information content (AvgIpc) is 2.79. The molecule has 1 aromatic heterocycles. The number of amides is 1. The second-order valence-corrected chi connectivity index (χ2v) is 6.18. The van der Waals surface area contributed by atoms with E-state index in [1.807, 2.05) is 49.6 Å². The third kappa shape index (κ3) is 4.04. The summed E-state index contributed by atoms with van der Waals surface area (Å²) in [6.45, 7) is 9.30. The van der Waals surface area contributed by atoms with E-state index in [0.29, 0.717) is 5.56 Å². The van der Waals surface area contributed by atoms with Crippen molar-refractivity contribution in [2.24, 2.45) is 0 Å².